The van der Waals surface area contributed by atoms with Crippen molar-refractivity contribution in [2.24, 2.45) is 0 Å². The molecule has 1 fully saturated rings. The predicted octanol–water partition coefficient (Wildman–Crippen LogP) is 3.81. The van der Waals surface area contributed by atoms with Gasteiger partial charge in [-0.15, -0.1) is 0 Å². The third-order valence-corrected chi connectivity index (χ3v) is 6.89. The zero-order valence-electron chi connectivity index (χ0n) is 15.8. The van der Waals surface area contributed by atoms with Crippen LogP contribution in [0.2, 0.25) is 0 Å². The molecule has 1 aliphatic rings. The van der Waals surface area contributed by atoms with E-state index in [1.54, 1.807) is 60.8 Å². The average Bonchev–Trinajstić information content (AvgIpc) is 3.40. The van der Waals surface area contributed by atoms with E-state index in [2.05, 4.69) is 5.10 Å². The minimum absolute atomic E-state index is 0.0595. The Balaban J connectivity index is 1.42. The second kappa shape index (κ2) is 8.21. The highest BCUT2D eigenvalue weighted by Gasteiger charge is 2.32. The van der Waals surface area contributed by atoms with E-state index in [9.17, 15) is 13.2 Å². The van der Waals surface area contributed by atoms with Crippen molar-refractivity contribution in [2.75, 3.05) is 0 Å². The van der Waals surface area contributed by atoms with Gasteiger partial charge in [0.05, 0.1) is 22.3 Å². The molecule has 3 aromatic rings. The fourth-order valence-electron chi connectivity index (χ4n) is 3.70. The second-order valence-corrected chi connectivity index (χ2v) is 9.19. The molecule has 29 heavy (non-hydrogen) atoms. The van der Waals surface area contributed by atoms with Crippen LogP contribution >= 0.6 is 0 Å². The van der Waals surface area contributed by atoms with Gasteiger partial charge >= 0.3 is 5.97 Å². The van der Waals surface area contributed by atoms with Crippen LogP contribution < -0.4 is 0 Å². The molecule has 1 aliphatic carbocycles. The molecule has 0 N–H and O–H groups in total. The molecular weight excluding hydrogens is 388 g/mol. The molecule has 4 rings (SSSR count). The summed E-state index contributed by atoms with van der Waals surface area (Å²) in [6, 6.07) is 16.8. The lowest BCUT2D eigenvalue weighted by molar-refractivity contribution is 0.0210. The molecule has 2 atom stereocenters. The van der Waals surface area contributed by atoms with Gasteiger partial charge in [0.1, 0.15) is 6.10 Å². The van der Waals surface area contributed by atoms with Gasteiger partial charge in [-0.3, -0.25) is 4.68 Å². The first kappa shape index (κ1) is 19.4. The van der Waals surface area contributed by atoms with Gasteiger partial charge in [-0.05, 0) is 55.2 Å². The lowest BCUT2D eigenvalue weighted by atomic mass is 10.1. The summed E-state index contributed by atoms with van der Waals surface area (Å²) in [6.45, 7) is 0. The summed E-state index contributed by atoms with van der Waals surface area (Å²) in [7, 11) is -3.42. The maximum atomic E-state index is 12.6. The van der Waals surface area contributed by atoms with Crippen LogP contribution in [0, 0.1) is 0 Å². The maximum Gasteiger partial charge on any atom is 0.338 e. The first-order valence-corrected chi connectivity index (χ1v) is 11.2. The van der Waals surface area contributed by atoms with Gasteiger partial charge < -0.3 is 4.74 Å². The van der Waals surface area contributed by atoms with Crippen LogP contribution in [0.4, 0.5) is 0 Å². The fourth-order valence-corrected chi connectivity index (χ4v) is 5.07. The summed E-state index contributed by atoms with van der Waals surface area (Å²) < 4.78 is 32.6. The van der Waals surface area contributed by atoms with Gasteiger partial charge in [0.15, 0.2) is 9.84 Å². The van der Waals surface area contributed by atoms with Gasteiger partial charge in [-0.25, -0.2) is 13.2 Å². The lowest BCUT2D eigenvalue weighted by Crippen LogP contribution is -2.25. The Bertz CT molecular complexity index is 1060. The first-order chi connectivity index (χ1) is 14.0. The first-order valence-electron chi connectivity index (χ1n) is 9.60. The summed E-state index contributed by atoms with van der Waals surface area (Å²) in [6.07, 6.45) is 6.12. The molecule has 6 nitrogen and oxygen atoms in total. The molecule has 0 bridgehead atoms. The van der Waals surface area contributed by atoms with Crippen molar-refractivity contribution >= 4 is 15.8 Å². The molecule has 0 unspecified atom stereocenters. The smallest absolute Gasteiger partial charge is 0.338 e. The summed E-state index contributed by atoms with van der Waals surface area (Å²) in [5.41, 5.74) is 1.04. The largest absolute Gasteiger partial charge is 0.457 e. The number of aromatic nitrogens is 2. The van der Waals surface area contributed by atoms with Gasteiger partial charge in [0, 0.05) is 12.4 Å². The summed E-state index contributed by atoms with van der Waals surface area (Å²) in [5, 5.41) is 4.27. The quantitative estimate of drug-likeness (QED) is 0.578. The molecule has 2 aromatic carbocycles. The SMILES string of the molecule is O=C(O[C@@H]1CCC[C@H]1n1cccn1)c1ccc(CS(=O)(=O)c2ccccc2)cc1. The molecule has 0 radical (unpaired) electrons. The highest BCUT2D eigenvalue weighted by atomic mass is 32.2. The normalized spacial score (nSPS) is 19.2. The number of benzene rings is 2. The third-order valence-electron chi connectivity index (χ3n) is 5.19. The van der Waals surface area contributed by atoms with Crippen LogP contribution in [-0.4, -0.2) is 30.3 Å². The highest BCUT2D eigenvalue weighted by molar-refractivity contribution is 7.90. The molecular formula is C22H22N2O4S. The number of rotatable bonds is 6. The number of carbonyl (C=O) groups excluding carboxylic acids is 1. The maximum absolute atomic E-state index is 12.6. The number of nitrogens with zero attached hydrogens (tertiary/aromatic N) is 2. The van der Waals surface area contributed by atoms with Crippen molar-refractivity contribution in [2.45, 2.75) is 42.1 Å². The third kappa shape index (κ3) is 4.40. The Morgan fingerprint density at radius 2 is 1.79 bits per heavy atom. The minimum atomic E-state index is -3.42. The van der Waals surface area contributed by atoms with E-state index in [4.69, 9.17) is 4.74 Å². The molecule has 1 heterocycles. The number of hydrogen-bond donors (Lipinski definition) is 0. The van der Waals surface area contributed by atoms with Crippen molar-refractivity contribution < 1.29 is 17.9 Å². The molecule has 1 aromatic heterocycles. The van der Waals surface area contributed by atoms with Gasteiger partial charge in [0.2, 0.25) is 0 Å². The molecule has 1 saturated carbocycles. The minimum Gasteiger partial charge on any atom is -0.457 e. The van der Waals surface area contributed by atoms with Crippen LogP contribution in [0.1, 0.15) is 41.2 Å². The van der Waals surface area contributed by atoms with Crippen molar-refractivity contribution in [1.29, 1.82) is 0 Å². The Morgan fingerprint density at radius 1 is 1.03 bits per heavy atom. The Morgan fingerprint density at radius 3 is 2.48 bits per heavy atom. The topological polar surface area (TPSA) is 78.3 Å². The summed E-state index contributed by atoms with van der Waals surface area (Å²) in [5.74, 6) is -0.511. The molecule has 0 amide bonds. The standard InChI is InChI=1S/C22H22N2O4S/c25-22(28-21-9-4-8-20(21)24-15-5-14-23-24)18-12-10-17(11-13-18)16-29(26,27)19-6-2-1-3-7-19/h1-3,5-7,10-15,20-21H,4,8-9,16H2/t20-,21-/m1/s1. The van der Waals surface area contributed by atoms with E-state index in [1.807, 2.05) is 16.9 Å². The monoisotopic (exact) mass is 410 g/mol. The Labute approximate surface area is 170 Å². The van der Waals surface area contributed by atoms with Gasteiger partial charge in [0.25, 0.3) is 0 Å². The zero-order valence-corrected chi connectivity index (χ0v) is 16.7. The molecule has 0 aliphatic heterocycles. The molecule has 0 saturated heterocycles. The van der Waals surface area contributed by atoms with E-state index in [0.29, 0.717) is 11.1 Å². The number of carbonyl (C=O) groups is 1. The van der Waals surface area contributed by atoms with Crippen molar-refractivity contribution in [1.82, 2.24) is 9.78 Å². The van der Waals surface area contributed by atoms with E-state index in [0.717, 1.165) is 19.3 Å². The fraction of sp³-hybridized carbons (Fsp3) is 0.273. The second-order valence-electron chi connectivity index (χ2n) is 7.20. The van der Waals surface area contributed by atoms with E-state index in [1.165, 1.54) is 0 Å². The van der Waals surface area contributed by atoms with Crippen LogP contribution in [-0.2, 0) is 20.3 Å². The zero-order chi connectivity index (χ0) is 20.3. The number of hydrogen-bond acceptors (Lipinski definition) is 5. The van der Waals surface area contributed by atoms with Crippen LogP contribution in [0.25, 0.3) is 0 Å². The number of sulfone groups is 1. The number of esters is 1. The Kier molecular flexibility index (Phi) is 5.49. The van der Waals surface area contributed by atoms with Crippen molar-refractivity contribution in [3.63, 3.8) is 0 Å². The average molecular weight is 410 g/mol. The van der Waals surface area contributed by atoms with Crippen LogP contribution in [0.5, 0.6) is 0 Å². The lowest BCUT2D eigenvalue weighted by Gasteiger charge is -2.20. The molecule has 7 heteroatoms. The van der Waals surface area contributed by atoms with E-state index in [-0.39, 0.29) is 22.8 Å². The molecule has 150 valence electrons. The van der Waals surface area contributed by atoms with E-state index < -0.39 is 15.8 Å². The van der Waals surface area contributed by atoms with E-state index >= 15 is 0 Å². The predicted molar refractivity (Wildman–Crippen MR) is 108 cm³/mol. The molecule has 0 spiro atoms. The summed E-state index contributed by atoms with van der Waals surface area (Å²) >= 11 is 0. The van der Waals surface area contributed by atoms with Gasteiger partial charge in [-0.1, -0.05) is 30.3 Å². The number of ether oxygens (including phenoxy) is 1. The Hall–Kier alpha value is -2.93. The van der Waals surface area contributed by atoms with Gasteiger partial charge in [-0.2, -0.15) is 5.10 Å². The van der Waals surface area contributed by atoms with Crippen molar-refractivity contribution in [3.05, 3.63) is 84.2 Å². The van der Waals surface area contributed by atoms with Crippen LogP contribution in [0.3, 0.4) is 0 Å². The highest BCUT2D eigenvalue weighted by Crippen LogP contribution is 2.32. The summed E-state index contributed by atoms with van der Waals surface area (Å²) in [4.78, 5) is 12.9. The van der Waals surface area contributed by atoms with Crippen molar-refractivity contribution in [3.8, 4) is 0 Å². The van der Waals surface area contributed by atoms with Crippen LogP contribution in [0.15, 0.2) is 78.0 Å².